The molecule has 4 nitrogen and oxygen atoms in total. The zero-order chi connectivity index (χ0) is 13.9. The number of anilines is 2. The third-order valence-corrected chi connectivity index (χ3v) is 3.14. The molecule has 5 heteroatoms. The zero-order valence-corrected chi connectivity index (χ0v) is 10.9. The Morgan fingerprint density at radius 1 is 1.10 bits per heavy atom. The molecule has 0 spiro atoms. The summed E-state index contributed by atoms with van der Waals surface area (Å²) < 4.78 is 24.6. The first-order valence-corrected chi connectivity index (χ1v) is 6.42. The molecule has 0 radical (unpaired) electrons. The van der Waals surface area contributed by atoms with Crippen molar-refractivity contribution in [2.45, 2.75) is 6.54 Å². The number of hydrogen-bond acceptors (Lipinski definition) is 4. The van der Waals surface area contributed by atoms with Gasteiger partial charge in [-0.1, -0.05) is 6.07 Å². The predicted octanol–water partition coefficient (Wildman–Crippen LogP) is 2.80. The number of fused-ring (bicyclic) bond motifs is 1. The van der Waals surface area contributed by atoms with Crippen molar-refractivity contribution in [2.24, 2.45) is 5.73 Å². The number of hydrogen-bond donors (Lipinski definition) is 2. The maximum Gasteiger partial charge on any atom is 0.163 e. The van der Waals surface area contributed by atoms with Crippen molar-refractivity contribution in [1.29, 1.82) is 0 Å². The lowest BCUT2D eigenvalue weighted by Crippen LogP contribution is -2.15. The van der Waals surface area contributed by atoms with Gasteiger partial charge in [-0.25, -0.2) is 4.39 Å². The van der Waals surface area contributed by atoms with Crippen LogP contribution in [0, 0.1) is 5.82 Å². The van der Waals surface area contributed by atoms with E-state index in [-0.39, 0.29) is 12.4 Å². The molecule has 2 aromatic rings. The lowest BCUT2D eigenvalue weighted by molar-refractivity contribution is 0.171. The summed E-state index contributed by atoms with van der Waals surface area (Å²) in [6, 6.07) is 10.4. The molecule has 0 aromatic heterocycles. The predicted molar refractivity (Wildman–Crippen MR) is 75.0 cm³/mol. The first-order valence-electron chi connectivity index (χ1n) is 6.42. The summed E-state index contributed by atoms with van der Waals surface area (Å²) in [7, 11) is 0. The van der Waals surface area contributed by atoms with Crippen molar-refractivity contribution in [1.82, 2.24) is 0 Å². The van der Waals surface area contributed by atoms with Crippen LogP contribution in [0.5, 0.6) is 11.5 Å². The van der Waals surface area contributed by atoms with Crippen molar-refractivity contribution in [3.63, 3.8) is 0 Å². The molecule has 2 aromatic carbocycles. The Hall–Kier alpha value is -2.27. The molecular formula is C15H15FN2O2. The molecule has 20 heavy (non-hydrogen) atoms. The topological polar surface area (TPSA) is 56.5 Å². The molecule has 0 saturated carbocycles. The van der Waals surface area contributed by atoms with E-state index in [4.69, 9.17) is 15.2 Å². The summed E-state index contributed by atoms with van der Waals surface area (Å²) >= 11 is 0. The van der Waals surface area contributed by atoms with Gasteiger partial charge in [0, 0.05) is 29.5 Å². The van der Waals surface area contributed by atoms with Crippen molar-refractivity contribution in [3.8, 4) is 11.5 Å². The van der Waals surface area contributed by atoms with E-state index in [0.717, 1.165) is 11.4 Å². The molecule has 0 amide bonds. The second kappa shape index (κ2) is 5.38. The van der Waals surface area contributed by atoms with Gasteiger partial charge in [-0.05, 0) is 24.3 Å². The fraction of sp³-hybridized carbons (Fsp3) is 0.200. The highest BCUT2D eigenvalue weighted by molar-refractivity contribution is 5.66. The Morgan fingerprint density at radius 2 is 1.90 bits per heavy atom. The Balaban J connectivity index is 1.90. The molecule has 0 atom stereocenters. The van der Waals surface area contributed by atoms with Gasteiger partial charge in [0.05, 0.1) is 0 Å². The number of benzene rings is 2. The van der Waals surface area contributed by atoms with Gasteiger partial charge in [-0.2, -0.15) is 0 Å². The van der Waals surface area contributed by atoms with Gasteiger partial charge < -0.3 is 20.5 Å². The monoisotopic (exact) mass is 274 g/mol. The lowest BCUT2D eigenvalue weighted by Gasteiger charge is -2.19. The third-order valence-electron chi connectivity index (χ3n) is 3.14. The molecule has 3 rings (SSSR count). The molecule has 0 fully saturated rings. The number of ether oxygens (including phenoxy) is 2. The summed E-state index contributed by atoms with van der Waals surface area (Å²) in [5.74, 6) is 1.10. The first kappa shape index (κ1) is 12.7. The minimum Gasteiger partial charge on any atom is -0.486 e. The van der Waals surface area contributed by atoms with Crippen molar-refractivity contribution in [2.75, 3.05) is 18.5 Å². The molecule has 0 unspecified atom stereocenters. The highest BCUT2D eigenvalue weighted by atomic mass is 19.1. The number of nitrogens with one attached hydrogen (secondary N) is 1. The Kier molecular flexibility index (Phi) is 3.43. The minimum absolute atomic E-state index is 0.138. The van der Waals surface area contributed by atoms with Crippen LogP contribution in [0.4, 0.5) is 15.8 Å². The SMILES string of the molecule is NCc1c(F)cccc1Nc1ccc2c(c1)OCCO2. The van der Waals surface area contributed by atoms with Crippen LogP contribution in [0.15, 0.2) is 36.4 Å². The largest absolute Gasteiger partial charge is 0.486 e. The summed E-state index contributed by atoms with van der Waals surface area (Å²) in [5.41, 5.74) is 7.51. The molecule has 0 aliphatic carbocycles. The number of rotatable bonds is 3. The number of nitrogens with two attached hydrogens (primary N) is 1. The average molecular weight is 274 g/mol. The second-order valence-electron chi connectivity index (χ2n) is 4.45. The Labute approximate surface area is 116 Å². The maximum atomic E-state index is 13.7. The van der Waals surface area contributed by atoms with E-state index in [2.05, 4.69) is 5.32 Å². The van der Waals surface area contributed by atoms with Gasteiger partial charge in [-0.3, -0.25) is 0 Å². The van der Waals surface area contributed by atoms with E-state index in [1.807, 2.05) is 18.2 Å². The summed E-state index contributed by atoms with van der Waals surface area (Å²) in [5, 5.41) is 3.16. The van der Waals surface area contributed by atoms with Crippen LogP contribution in [0.3, 0.4) is 0 Å². The molecule has 1 aliphatic heterocycles. The molecule has 1 aliphatic rings. The van der Waals surface area contributed by atoms with Crippen LogP contribution < -0.4 is 20.5 Å². The Bertz CT molecular complexity index is 631. The molecule has 104 valence electrons. The quantitative estimate of drug-likeness (QED) is 0.903. The normalized spacial score (nSPS) is 13.1. The first-order chi connectivity index (χ1) is 9.78. The summed E-state index contributed by atoms with van der Waals surface area (Å²) in [4.78, 5) is 0. The smallest absolute Gasteiger partial charge is 0.163 e. The average Bonchev–Trinajstić information content (AvgIpc) is 2.47. The van der Waals surface area contributed by atoms with Crippen LogP contribution in [0.2, 0.25) is 0 Å². The molecule has 3 N–H and O–H groups in total. The molecular weight excluding hydrogens is 259 g/mol. The van der Waals surface area contributed by atoms with E-state index >= 15 is 0 Å². The van der Waals surface area contributed by atoms with Crippen LogP contribution in [-0.4, -0.2) is 13.2 Å². The van der Waals surface area contributed by atoms with E-state index in [0.29, 0.717) is 30.2 Å². The van der Waals surface area contributed by atoms with Gasteiger partial charge in [0.15, 0.2) is 11.5 Å². The van der Waals surface area contributed by atoms with Crippen LogP contribution >= 0.6 is 0 Å². The molecule has 0 bridgehead atoms. The van der Waals surface area contributed by atoms with Crippen LogP contribution in [0.25, 0.3) is 0 Å². The van der Waals surface area contributed by atoms with Gasteiger partial charge in [0.2, 0.25) is 0 Å². The summed E-state index contributed by atoms with van der Waals surface area (Å²) in [6.07, 6.45) is 0. The maximum absolute atomic E-state index is 13.7. The van der Waals surface area contributed by atoms with E-state index in [1.54, 1.807) is 12.1 Å². The fourth-order valence-corrected chi connectivity index (χ4v) is 2.16. The van der Waals surface area contributed by atoms with Gasteiger partial charge >= 0.3 is 0 Å². The number of halogens is 1. The Morgan fingerprint density at radius 3 is 2.70 bits per heavy atom. The molecule has 0 saturated heterocycles. The highest BCUT2D eigenvalue weighted by Gasteiger charge is 2.13. The van der Waals surface area contributed by atoms with E-state index in [9.17, 15) is 4.39 Å². The molecule has 1 heterocycles. The van der Waals surface area contributed by atoms with Crippen molar-refractivity contribution >= 4 is 11.4 Å². The van der Waals surface area contributed by atoms with Gasteiger partial charge in [0.1, 0.15) is 19.0 Å². The lowest BCUT2D eigenvalue weighted by atomic mass is 10.1. The highest BCUT2D eigenvalue weighted by Crippen LogP contribution is 2.34. The van der Waals surface area contributed by atoms with Crippen LogP contribution in [-0.2, 0) is 6.54 Å². The van der Waals surface area contributed by atoms with Crippen LogP contribution in [0.1, 0.15) is 5.56 Å². The standard InChI is InChI=1S/C15H15FN2O2/c16-12-2-1-3-13(11(12)9-17)18-10-4-5-14-15(8-10)20-7-6-19-14/h1-5,8,18H,6-7,9,17H2. The van der Waals surface area contributed by atoms with Crippen molar-refractivity contribution in [3.05, 3.63) is 47.8 Å². The van der Waals surface area contributed by atoms with E-state index < -0.39 is 0 Å². The second-order valence-corrected chi connectivity index (χ2v) is 4.45. The summed E-state index contributed by atoms with van der Waals surface area (Å²) in [6.45, 7) is 1.23. The fourth-order valence-electron chi connectivity index (χ4n) is 2.16. The van der Waals surface area contributed by atoms with Gasteiger partial charge in [-0.15, -0.1) is 0 Å². The minimum atomic E-state index is -0.310. The van der Waals surface area contributed by atoms with E-state index in [1.165, 1.54) is 6.07 Å². The van der Waals surface area contributed by atoms with Crippen molar-refractivity contribution < 1.29 is 13.9 Å². The van der Waals surface area contributed by atoms with Gasteiger partial charge in [0.25, 0.3) is 0 Å². The zero-order valence-electron chi connectivity index (χ0n) is 10.9. The third kappa shape index (κ3) is 2.40.